The molecule has 0 aliphatic carbocycles. The van der Waals surface area contributed by atoms with Crippen LogP contribution in [0.15, 0.2) is 18.2 Å². The highest BCUT2D eigenvalue weighted by molar-refractivity contribution is 6.33. The van der Waals surface area contributed by atoms with Gasteiger partial charge in [0.1, 0.15) is 0 Å². The maximum atomic E-state index is 6.27. The van der Waals surface area contributed by atoms with Crippen LogP contribution in [0, 0.1) is 0 Å². The summed E-state index contributed by atoms with van der Waals surface area (Å²) in [5.41, 5.74) is 1.14. The zero-order chi connectivity index (χ0) is 13.7. The molecule has 0 amide bonds. The zero-order valence-corrected chi connectivity index (χ0v) is 13.0. The molecule has 1 aromatic carbocycles. The molecule has 0 spiro atoms. The fourth-order valence-electron chi connectivity index (χ4n) is 2.79. The van der Waals surface area contributed by atoms with Crippen molar-refractivity contribution in [3.63, 3.8) is 0 Å². The van der Waals surface area contributed by atoms with E-state index in [1.165, 1.54) is 25.7 Å². The van der Waals surface area contributed by atoms with Gasteiger partial charge >= 0.3 is 0 Å². The molecule has 1 atom stereocenters. The van der Waals surface area contributed by atoms with Gasteiger partial charge in [0, 0.05) is 22.6 Å². The maximum Gasteiger partial charge on any atom is 0.0452 e. The number of benzene rings is 1. The van der Waals surface area contributed by atoms with Gasteiger partial charge in [-0.2, -0.15) is 0 Å². The minimum atomic E-state index is 0.663. The molecule has 1 aliphatic heterocycles. The Bertz CT molecular complexity index is 409. The van der Waals surface area contributed by atoms with Gasteiger partial charge in [0.15, 0.2) is 0 Å². The van der Waals surface area contributed by atoms with Crippen LogP contribution in [0.3, 0.4) is 0 Å². The monoisotopic (exact) mass is 300 g/mol. The Morgan fingerprint density at radius 1 is 1.32 bits per heavy atom. The van der Waals surface area contributed by atoms with Crippen molar-refractivity contribution in [1.82, 2.24) is 10.2 Å². The predicted molar refractivity (Wildman–Crippen MR) is 83.1 cm³/mol. The molecular weight excluding hydrogens is 279 g/mol. The number of rotatable bonds is 5. The number of hydrogen-bond acceptors (Lipinski definition) is 2. The van der Waals surface area contributed by atoms with Gasteiger partial charge in [0.2, 0.25) is 0 Å². The summed E-state index contributed by atoms with van der Waals surface area (Å²) in [4.78, 5) is 2.55. The highest BCUT2D eigenvalue weighted by atomic mass is 35.5. The third-order valence-corrected chi connectivity index (χ3v) is 4.46. The molecule has 1 unspecified atom stereocenters. The summed E-state index contributed by atoms with van der Waals surface area (Å²) in [7, 11) is 2.01. The van der Waals surface area contributed by atoms with Gasteiger partial charge in [0.05, 0.1) is 0 Å². The number of hydrogen-bond donors (Lipinski definition) is 1. The van der Waals surface area contributed by atoms with Gasteiger partial charge in [0.25, 0.3) is 0 Å². The second-order valence-corrected chi connectivity index (χ2v) is 6.09. The Morgan fingerprint density at radius 2 is 2.16 bits per heavy atom. The summed E-state index contributed by atoms with van der Waals surface area (Å²) in [5.74, 6) is 0. The highest BCUT2D eigenvalue weighted by Crippen LogP contribution is 2.26. The van der Waals surface area contributed by atoms with Crippen LogP contribution in [-0.2, 0) is 6.54 Å². The van der Waals surface area contributed by atoms with Gasteiger partial charge in [-0.3, -0.25) is 4.90 Å². The van der Waals surface area contributed by atoms with Crippen molar-refractivity contribution in [2.24, 2.45) is 0 Å². The topological polar surface area (TPSA) is 15.3 Å². The van der Waals surface area contributed by atoms with Gasteiger partial charge in [-0.15, -0.1) is 0 Å². The van der Waals surface area contributed by atoms with Gasteiger partial charge in [-0.25, -0.2) is 0 Å². The van der Waals surface area contributed by atoms with Crippen LogP contribution < -0.4 is 5.32 Å². The summed E-state index contributed by atoms with van der Waals surface area (Å²) < 4.78 is 0. The van der Waals surface area contributed by atoms with Crippen molar-refractivity contribution in [1.29, 1.82) is 0 Å². The Morgan fingerprint density at radius 3 is 2.95 bits per heavy atom. The van der Waals surface area contributed by atoms with Crippen molar-refractivity contribution in [2.45, 2.75) is 38.3 Å². The molecule has 0 saturated carbocycles. The number of halogens is 2. The van der Waals surface area contributed by atoms with Crippen LogP contribution in [0.1, 0.15) is 31.2 Å². The fraction of sp³-hybridized carbons (Fsp3) is 0.600. The number of likely N-dealkylation sites (tertiary alicyclic amines) is 1. The smallest absolute Gasteiger partial charge is 0.0452 e. The van der Waals surface area contributed by atoms with Crippen LogP contribution in [0.4, 0.5) is 0 Å². The molecule has 19 heavy (non-hydrogen) atoms. The van der Waals surface area contributed by atoms with E-state index in [1.54, 1.807) is 0 Å². The number of piperidine rings is 1. The van der Waals surface area contributed by atoms with E-state index in [0.717, 1.165) is 35.2 Å². The van der Waals surface area contributed by atoms with E-state index in [2.05, 4.69) is 10.2 Å². The molecule has 1 fully saturated rings. The van der Waals surface area contributed by atoms with Gasteiger partial charge in [-0.1, -0.05) is 29.6 Å². The maximum absolute atomic E-state index is 6.27. The van der Waals surface area contributed by atoms with Crippen molar-refractivity contribution in [2.75, 3.05) is 20.1 Å². The third-order valence-electron chi connectivity index (χ3n) is 3.86. The van der Waals surface area contributed by atoms with E-state index in [1.807, 2.05) is 25.2 Å². The quantitative estimate of drug-likeness (QED) is 0.885. The average Bonchev–Trinajstić information content (AvgIpc) is 2.42. The molecule has 1 N–H and O–H groups in total. The van der Waals surface area contributed by atoms with E-state index >= 15 is 0 Å². The minimum Gasteiger partial charge on any atom is -0.320 e. The minimum absolute atomic E-state index is 0.663. The lowest BCUT2D eigenvalue weighted by Crippen LogP contribution is -2.40. The van der Waals surface area contributed by atoms with E-state index in [9.17, 15) is 0 Å². The van der Waals surface area contributed by atoms with Crippen LogP contribution in [0.5, 0.6) is 0 Å². The van der Waals surface area contributed by atoms with E-state index in [0.29, 0.717) is 6.04 Å². The Kier molecular flexibility index (Phi) is 5.96. The first-order valence-corrected chi connectivity index (χ1v) is 7.79. The van der Waals surface area contributed by atoms with Crippen LogP contribution in [0.2, 0.25) is 10.0 Å². The lowest BCUT2D eigenvalue weighted by molar-refractivity contribution is 0.132. The van der Waals surface area contributed by atoms with Crippen molar-refractivity contribution < 1.29 is 0 Å². The highest BCUT2D eigenvalue weighted by Gasteiger charge is 2.22. The van der Waals surface area contributed by atoms with Gasteiger partial charge in [-0.05, 0) is 63.2 Å². The zero-order valence-electron chi connectivity index (χ0n) is 11.5. The van der Waals surface area contributed by atoms with Crippen molar-refractivity contribution >= 4 is 23.2 Å². The largest absolute Gasteiger partial charge is 0.320 e. The molecule has 0 bridgehead atoms. The molecule has 1 heterocycles. The number of nitrogens with one attached hydrogen (secondary N) is 1. The second-order valence-electron chi connectivity index (χ2n) is 5.25. The van der Waals surface area contributed by atoms with Crippen LogP contribution in [-0.4, -0.2) is 31.1 Å². The number of nitrogens with zero attached hydrogens (tertiary/aromatic N) is 1. The summed E-state index contributed by atoms with van der Waals surface area (Å²) in [6, 6.07) is 6.40. The first-order valence-electron chi connectivity index (χ1n) is 7.03. The fourth-order valence-corrected chi connectivity index (χ4v) is 3.16. The Hall–Kier alpha value is -0.280. The molecular formula is C15H22Cl2N2. The SMILES string of the molecule is CNCCC1CCCCN1Cc1cc(Cl)ccc1Cl. The molecule has 1 saturated heterocycles. The van der Waals surface area contributed by atoms with Crippen molar-refractivity contribution in [3.05, 3.63) is 33.8 Å². The standard InChI is InChI=1S/C15H22Cl2N2/c1-18-8-7-14-4-2-3-9-19(14)11-12-10-13(16)5-6-15(12)17/h5-6,10,14,18H,2-4,7-9,11H2,1H3. The lowest BCUT2D eigenvalue weighted by atomic mass is 9.98. The summed E-state index contributed by atoms with van der Waals surface area (Å²) in [6.45, 7) is 3.15. The Labute approximate surface area is 126 Å². The first kappa shape index (κ1) is 15.1. The molecule has 106 valence electrons. The van der Waals surface area contributed by atoms with Crippen molar-refractivity contribution in [3.8, 4) is 0 Å². The Balaban J connectivity index is 2.04. The molecule has 0 radical (unpaired) electrons. The van der Waals surface area contributed by atoms with Crippen LogP contribution in [0.25, 0.3) is 0 Å². The average molecular weight is 301 g/mol. The predicted octanol–water partition coefficient (Wildman–Crippen LogP) is 3.96. The van der Waals surface area contributed by atoms with E-state index in [4.69, 9.17) is 23.2 Å². The van der Waals surface area contributed by atoms with E-state index in [-0.39, 0.29) is 0 Å². The summed E-state index contributed by atoms with van der Waals surface area (Å²) in [5, 5.41) is 4.83. The molecule has 4 heteroatoms. The summed E-state index contributed by atoms with van der Waals surface area (Å²) in [6.07, 6.45) is 5.12. The van der Waals surface area contributed by atoms with E-state index < -0.39 is 0 Å². The molecule has 1 aromatic rings. The molecule has 0 aromatic heterocycles. The summed E-state index contributed by atoms with van der Waals surface area (Å²) >= 11 is 12.3. The van der Waals surface area contributed by atoms with Gasteiger partial charge < -0.3 is 5.32 Å². The third kappa shape index (κ3) is 4.35. The molecule has 1 aliphatic rings. The first-order chi connectivity index (χ1) is 9.20. The molecule has 2 nitrogen and oxygen atoms in total. The lowest BCUT2D eigenvalue weighted by Gasteiger charge is -2.36. The molecule has 2 rings (SSSR count). The normalized spacial score (nSPS) is 20.7. The second kappa shape index (κ2) is 7.49. The van der Waals surface area contributed by atoms with Crippen LogP contribution >= 0.6 is 23.2 Å².